The van der Waals surface area contributed by atoms with Gasteiger partial charge >= 0.3 is 0 Å². The molecule has 0 atom stereocenters. The average Bonchev–Trinajstić information content (AvgIpc) is 2.40. The molecule has 0 spiro atoms. The van der Waals surface area contributed by atoms with Crippen LogP contribution in [0.5, 0.6) is 0 Å². The van der Waals surface area contributed by atoms with Crippen LogP contribution in [0, 0.1) is 46.5 Å². The minimum Gasteiger partial charge on any atom is -0.101 e. The number of hydrogen-bond acceptors (Lipinski definition) is 0. The van der Waals surface area contributed by atoms with Crippen LogP contribution in [0.2, 0.25) is 0 Å². The van der Waals surface area contributed by atoms with Gasteiger partial charge in [-0.15, -0.1) is 5.92 Å². The van der Waals surface area contributed by atoms with E-state index in [-0.39, 0.29) is 0 Å². The third kappa shape index (κ3) is 4.94. The molecule has 0 aromatic heterocycles. The Balaban J connectivity index is 0.000000200. The first-order valence-electron chi connectivity index (χ1n) is 6.98. The van der Waals surface area contributed by atoms with Gasteiger partial charge in [0.25, 0.3) is 0 Å². The van der Waals surface area contributed by atoms with Gasteiger partial charge in [-0.05, 0) is 70.4 Å². The van der Waals surface area contributed by atoms with E-state index in [1.807, 2.05) is 19.1 Å². The zero-order valence-corrected chi connectivity index (χ0v) is 13.5. The Kier molecular flexibility index (Phi) is 6.07. The van der Waals surface area contributed by atoms with E-state index in [1.165, 1.54) is 27.8 Å². The standard InChI is InChI=1S/C10H14.C10H10/c1-7-5-8(2)10(4)9(3)6-7;1-3-4-10-7-5-9(2)6-8-10/h5-6H,1-4H3;5-8H,1-2H3. The molecule has 0 N–H and O–H groups in total. The fraction of sp³-hybridized carbons (Fsp3) is 0.300. The fourth-order valence-electron chi connectivity index (χ4n) is 2.03. The van der Waals surface area contributed by atoms with E-state index in [2.05, 4.69) is 70.7 Å². The van der Waals surface area contributed by atoms with Crippen LogP contribution in [0.25, 0.3) is 0 Å². The van der Waals surface area contributed by atoms with Crippen LogP contribution in [0.4, 0.5) is 0 Å². The van der Waals surface area contributed by atoms with Crippen molar-refractivity contribution in [3.63, 3.8) is 0 Å². The molecule has 20 heavy (non-hydrogen) atoms. The highest BCUT2D eigenvalue weighted by Gasteiger charge is 1.95. The molecule has 0 saturated heterocycles. The fourth-order valence-corrected chi connectivity index (χ4v) is 2.03. The van der Waals surface area contributed by atoms with Gasteiger partial charge in [0.05, 0.1) is 0 Å². The van der Waals surface area contributed by atoms with Crippen molar-refractivity contribution in [3.8, 4) is 11.8 Å². The average molecular weight is 264 g/mol. The van der Waals surface area contributed by atoms with E-state index in [0.717, 1.165) is 5.56 Å². The summed E-state index contributed by atoms with van der Waals surface area (Å²) in [6.45, 7) is 12.6. The summed E-state index contributed by atoms with van der Waals surface area (Å²) in [5.74, 6) is 5.84. The minimum atomic E-state index is 1.09. The molecule has 2 aromatic carbocycles. The van der Waals surface area contributed by atoms with Crippen molar-refractivity contribution in [2.24, 2.45) is 0 Å². The normalized spacial score (nSPS) is 9.10. The highest BCUT2D eigenvalue weighted by atomic mass is 14.0. The Morgan fingerprint density at radius 3 is 1.65 bits per heavy atom. The highest BCUT2D eigenvalue weighted by Crippen LogP contribution is 2.13. The van der Waals surface area contributed by atoms with Crippen LogP contribution in [-0.2, 0) is 0 Å². The zero-order chi connectivity index (χ0) is 15.1. The second kappa shape index (κ2) is 7.56. The first kappa shape index (κ1) is 16.1. The lowest BCUT2D eigenvalue weighted by atomic mass is 10.0. The second-order valence-electron chi connectivity index (χ2n) is 5.26. The number of rotatable bonds is 0. The lowest BCUT2D eigenvalue weighted by Crippen LogP contribution is -1.86. The Morgan fingerprint density at radius 1 is 0.700 bits per heavy atom. The first-order chi connectivity index (χ1) is 9.43. The smallest absolute Gasteiger partial charge is 0.0245 e. The van der Waals surface area contributed by atoms with E-state index in [4.69, 9.17) is 0 Å². The van der Waals surface area contributed by atoms with Crippen molar-refractivity contribution < 1.29 is 0 Å². The molecule has 0 unspecified atom stereocenters. The molecule has 0 heteroatoms. The Hall–Kier alpha value is -2.00. The molecule has 104 valence electrons. The third-order valence-electron chi connectivity index (χ3n) is 3.39. The molecule has 0 heterocycles. The van der Waals surface area contributed by atoms with Gasteiger partial charge < -0.3 is 0 Å². The molecule has 2 rings (SSSR count). The van der Waals surface area contributed by atoms with Gasteiger partial charge in [0, 0.05) is 5.56 Å². The van der Waals surface area contributed by atoms with Crippen LogP contribution in [0.3, 0.4) is 0 Å². The molecule has 0 amide bonds. The monoisotopic (exact) mass is 264 g/mol. The number of benzene rings is 2. The first-order valence-corrected chi connectivity index (χ1v) is 6.98. The lowest BCUT2D eigenvalue weighted by molar-refractivity contribution is 1.23. The van der Waals surface area contributed by atoms with Crippen LogP contribution in [0.15, 0.2) is 36.4 Å². The predicted octanol–water partition coefficient (Wildman–Crippen LogP) is 5.29. The summed E-state index contributed by atoms with van der Waals surface area (Å²) in [7, 11) is 0. The highest BCUT2D eigenvalue weighted by molar-refractivity contribution is 5.36. The van der Waals surface area contributed by atoms with Gasteiger partial charge in [-0.25, -0.2) is 0 Å². The molecule has 0 nitrogen and oxygen atoms in total. The van der Waals surface area contributed by atoms with Crippen LogP contribution in [0.1, 0.15) is 40.3 Å². The van der Waals surface area contributed by atoms with Crippen LogP contribution >= 0.6 is 0 Å². The number of hydrogen-bond donors (Lipinski definition) is 0. The largest absolute Gasteiger partial charge is 0.101 e. The Labute approximate surface area is 123 Å². The van der Waals surface area contributed by atoms with Crippen molar-refractivity contribution >= 4 is 0 Å². The van der Waals surface area contributed by atoms with Gasteiger partial charge in [0.2, 0.25) is 0 Å². The van der Waals surface area contributed by atoms with E-state index in [1.54, 1.807) is 0 Å². The molecular weight excluding hydrogens is 240 g/mol. The summed E-state index contributed by atoms with van der Waals surface area (Å²) < 4.78 is 0. The van der Waals surface area contributed by atoms with Gasteiger partial charge in [0.15, 0.2) is 0 Å². The molecular formula is C20H24. The third-order valence-corrected chi connectivity index (χ3v) is 3.39. The predicted molar refractivity (Wildman–Crippen MR) is 89.1 cm³/mol. The van der Waals surface area contributed by atoms with Gasteiger partial charge in [-0.1, -0.05) is 41.3 Å². The molecule has 0 saturated carbocycles. The van der Waals surface area contributed by atoms with Gasteiger partial charge in [-0.2, -0.15) is 0 Å². The van der Waals surface area contributed by atoms with Crippen LogP contribution in [-0.4, -0.2) is 0 Å². The molecule has 0 aliphatic rings. The molecule has 2 aromatic rings. The van der Waals surface area contributed by atoms with Crippen molar-refractivity contribution in [1.82, 2.24) is 0 Å². The maximum atomic E-state index is 2.98. The number of aryl methyl sites for hydroxylation is 4. The lowest BCUT2D eigenvalue weighted by Gasteiger charge is -2.04. The van der Waals surface area contributed by atoms with Crippen LogP contribution < -0.4 is 0 Å². The SMILES string of the molecule is CC#Cc1ccc(C)cc1.Cc1cc(C)c(C)c(C)c1. The molecule has 0 aliphatic carbocycles. The topological polar surface area (TPSA) is 0 Å². The van der Waals surface area contributed by atoms with Gasteiger partial charge in [-0.3, -0.25) is 0 Å². The summed E-state index contributed by atoms with van der Waals surface area (Å²) in [5.41, 5.74) is 7.95. The Bertz CT molecular complexity index is 596. The zero-order valence-electron chi connectivity index (χ0n) is 13.5. The van der Waals surface area contributed by atoms with Crippen molar-refractivity contribution in [2.75, 3.05) is 0 Å². The van der Waals surface area contributed by atoms with E-state index < -0.39 is 0 Å². The maximum Gasteiger partial charge on any atom is 0.0245 e. The summed E-state index contributed by atoms with van der Waals surface area (Å²) in [6.07, 6.45) is 0. The van der Waals surface area contributed by atoms with E-state index in [9.17, 15) is 0 Å². The molecule has 0 fully saturated rings. The molecule has 0 radical (unpaired) electrons. The maximum absolute atomic E-state index is 2.98. The summed E-state index contributed by atoms with van der Waals surface area (Å²) >= 11 is 0. The van der Waals surface area contributed by atoms with Gasteiger partial charge in [0.1, 0.15) is 0 Å². The second-order valence-corrected chi connectivity index (χ2v) is 5.26. The van der Waals surface area contributed by atoms with E-state index >= 15 is 0 Å². The van der Waals surface area contributed by atoms with Crippen molar-refractivity contribution in [1.29, 1.82) is 0 Å². The van der Waals surface area contributed by atoms with E-state index in [0.29, 0.717) is 0 Å². The summed E-state index contributed by atoms with van der Waals surface area (Å²) in [6, 6.07) is 12.7. The summed E-state index contributed by atoms with van der Waals surface area (Å²) in [5, 5.41) is 0. The molecule has 0 bridgehead atoms. The molecule has 0 aliphatic heterocycles. The van der Waals surface area contributed by atoms with Crippen molar-refractivity contribution in [3.05, 3.63) is 69.8 Å². The minimum absolute atomic E-state index is 1.09. The quantitative estimate of drug-likeness (QED) is 0.567. The Morgan fingerprint density at radius 2 is 1.20 bits per heavy atom. The summed E-state index contributed by atoms with van der Waals surface area (Å²) in [4.78, 5) is 0. The van der Waals surface area contributed by atoms with Crippen molar-refractivity contribution in [2.45, 2.75) is 41.5 Å².